The van der Waals surface area contributed by atoms with E-state index in [0.29, 0.717) is 51.4 Å². The van der Waals surface area contributed by atoms with Gasteiger partial charge in [0.1, 0.15) is 0 Å². The molecule has 0 aliphatic carbocycles. The van der Waals surface area contributed by atoms with E-state index in [0.717, 1.165) is 12.8 Å². The molecule has 2 atom stereocenters. The van der Waals surface area contributed by atoms with E-state index in [1.165, 1.54) is 0 Å². The fraction of sp³-hybridized carbons (Fsp3) is 0.545. The van der Waals surface area contributed by atoms with Gasteiger partial charge < -0.3 is 9.47 Å². The Morgan fingerprint density at radius 3 is 1.65 bits per heavy atom. The molecule has 0 saturated carbocycles. The highest BCUT2D eigenvalue weighted by atomic mass is 16.5. The Kier molecular flexibility index (Phi) is 11.4. The first kappa shape index (κ1) is 21.6. The van der Waals surface area contributed by atoms with E-state index in [1.54, 1.807) is 12.2 Å². The summed E-state index contributed by atoms with van der Waals surface area (Å²) in [5.41, 5.74) is 0. The Hall–Kier alpha value is -2.46. The van der Waals surface area contributed by atoms with Crippen molar-refractivity contribution in [2.45, 2.75) is 76.4 Å². The molecule has 0 aromatic carbocycles. The quantitative estimate of drug-likeness (QED) is 0.408. The molecule has 0 spiro atoms. The lowest BCUT2D eigenvalue weighted by Gasteiger charge is -2.12. The van der Waals surface area contributed by atoms with Crippen molar-refractivity contribution in [3.8, 4) is 23.7 Å². The van der Waals surface area contributed by atoms with Gasteiger partial charge in [-0.15, -0.1) is 13.2 Å². The first-order valence-electron chi connectivity index (χ1n) is 9.23. The van der Waals surface area contributed by atoms with Crippen molar-refractivity contribution in [2.75, 3.05) is 0 Å². The molecule has 0 saturated heterocycles. The molecule has 4 heteroatoms. The normalized spacial score (nSPS) is 21.8. The number of allylic oxidation sites excluding steroid dienone is 2. The maximum absolute atomic E-state index is 12.0. The summed E-state index contributed by atoms with van der Waals surface area (Å²) >= 11 is 0. The van der Waals surface area contributed by atoms with Crippen LogP contribution < -0.4 is 0 Å². The molecule has 1 rings (SSSR count). The second kappa shape index (κ2) is 13.8. The van der Waals surface area contributed by atoms with Crippen LogP contribution in [0.25, 0.3) is 0 Å². The van der Waals surface area contributed by atoms with Crippen LogP contribution in [0.1, 0.15) is 64.2 Å². The summed E-state index contributed by atoms with van der Waals surface area (Å²) in [6.45, 7) is 7.36. The van der Waals surface area contributed by atoms with Gasteiger partial charge in [-0.05, 0) is 38.5 Å². The summed E-state index contributed by atoms with van der Waals surface area (Å²) in [5.74, 6) is 11.5. The zero-order valence-corrected chi connectivity index (χ0v) is 15.4. The minimum Gasteiger partial charge on any atom is -0.449 e. The molecule has 0 N–H and O–H groups in total. The van der Waals surface area contributed by atoms with E-state index >= 15 is 0 Å². The van der Waals surface area contributed by atoms with E-state index < -0.39 is 12.2 Å². The molecule has 0 aromatic rings. The Bertz CT molecular complexity index is 543. The number of carbonyl (C=O) groups excluding carboxylic acids is 2. The number of carbonyl (C=O) groups is 2. The number of rotatable bonds is 6. The molecule has 26 heavy (non-hydrogen) atoms. The van der Waals surface area contributed by atoms with Crippen LogP contribution in [0.2, 0.25) is 0 Å². The maximum Gasteiger partial charge on any atom is 0.307 e. The molecule has 0 unspecified atom stereocenters. The van der Waals surface area contributed by atoms with Crippen LogP contribution in [0, 0.1) is 23.7 Å². The lowest BCUT2D eigenvalue weighted by Crippen LogP contribution is -2.17. The van der Waals surface area contributed by atoms with Gasteiger partial charge in [0.25, 0.3) is 0 Å². The van der Waals surface area contributed by atoms with E-state index in [4.69, 9.17) is 9.47 Å². The molecular weight excluding hydrogens is 328 g/mol. The molecule has 1 aliphatic rings. The number of hydrogen-bond donors (Lipinski definition) is 0. The molecule has 0 amide bonds. The van der Waals surface area contributed by atoms with Crippen LogP contribution >= 0.6 is 0 Å². The highest BCUT2D eigenvalue weighted by Crippen LogP contribution is 2.09. The van der Waals surface area contributed by atoms with E-state index in [1.807, 2.05) is 0 Å². The third kappa shape index (κ3) is 10.4. The minimum absolute atomic E-state index is 0.253. The number of esters is 2. The summed E-state index contributed by atoms with van der Waals surface area (Å²) in [4.78, 5) is 23.9. The first-order valence-corrected chi connectivity index (χ1v) is 9.23. The minimum atomic E-state index is -0.422. The van der Waals surface area contributed by atoms with Gasteiger partial charge in [-0.25, -0.2) is 0 Å². The fourth-order valence-electron chi connectivity index (χ4n) is 2.31. The van der Waals surface area contributed by atoms with Crippen LogP contribution in [0.5, 0.6) is 0 Å². The predicted octanol–water partition coefficient (Wildman–Crippen LogP) is 4.10. The molecule has 4 nitrogen and oxygen atoms in total. The van der Waals surface area contributed by atoms with Gasteiger partial charge in [0.15, 0.2) is 12.2 Å². The third-order valence-electron chi connectivity index (χ3n) is 3.70. The lowest BCUT2D eigenvalue weighted by atomic mass is 10.1. The monoisotopic (exact) mass is 356 g/mol. The zero-order chi connectivity index (χ0) is 19.0. The fourth-order valence-corrected chi connectivity index (χ4v) is 2.31. The Morgan fingerprint density at radius 2 is 1.27 bits per heavy atom. The van der Waals surface area contributed by atoms with Crippen molar-refractivity contribution < 1.29 is 19.1 Å². The largest absolute Gasteiger partial charge is 0.449 e. The van der Waals surface area contributed by atoms with Crippen molar-refractivity contribution in [3.63, 3.8) is 0 Å². The summed E-state index contributed by atoms with van der Waals surface area (Å²) < 4.78 is 10.9. The highest BCUT2D eigenvalue weighted by Gasteiger charge is 2.13. The van der Waals surface area contributed by atoms with Crippen LogP contribution in [0.4, 0.5) is 0 Å². The van der Waals surface area contributed by atoms with Crippen molar-refractivity contribution >= 4 is 11.9 Å². The average Bonchev–Trinajstić information content (AvgIpc) is 2.62. The molecule has 1 aliphatic heterocycles. The van der Waals surface area contributed by atoms with Crippen molar-refractivity contribution in [3.05, 3.63) is 25.3 Å². The number of ether oxygens (including phenoxy) is 2. The van der Waals surface area contributed by atoms with E-state index in [2.05, 4.69) is 36.8 Å². The number of cyclic esters (lactones) is 2. The van der Waals surface area contributed by atoms with Crippen molar-refractivity contribution in [1.82, 2.24) is 0 Å². The summed E-state index contributed by atoms with van der Waals surface area (Å²) in [6.07, 6.45) is 8.38. The summed E-state index contributed by atoms with van der Waals surface area (Å²) in [7, 11) is 0. The van der Waals surface area contributed by atoms with E-state index in [9.17, 15) is 9.59 Å². The Morgan fingerprint density at radius 1 is 0.846 bits per heavy atom. The second-order valence-corrected chi connectivity index (χ2v) is 6.04. The van der Waals surface area contributed by atoms with Gasteiger partial charge in [-0.3, -0.25) is 9.59 Å². The first-order chi connectivity index (χ1) is 12.7. The van der Waals surface area contributed by atoms with Crippen LogP contribution in [0.15, 0.2) is 25.3 Å². The second-order valence-electron chi connectivity index (χ2n) is 6.04. The molecule has 0 bridgehead atoms. The molecular formula is C22H28O4. The van der Waals surface area contributed by atoms with Crippen LogP contribution in [-0.2, 0) is 19.1 Å². The van der Waals surface area contributed by atoms with Crippen molar-refractivity contribution in [1.29, 1.82) is 0 Å². The molecule has 0 fully saturated rings. The van der Waals surface area contributed by atoms with Gasteiger partial charge in [0.05, 0.1) is 0 Å². The van der Waals surface area contributed by atoms with Gasteiger partial charge in [0, 0.05) is 25.7 Å². The van der Waals surface area contributed by atoms with Gasteiger partial charge in [0.2, 0.25) is 0 Å². The SMILES string of the molecule is C=CCC[C@H]1C#CCCCC(=O)O[C@H](CCC=C)C#CCCCC(=O)O1. The number of hydrogen-bond acceptors (Lipinski definition) is 4. The van der Waals surface area contributed by atoms with Gasteiger partial charge in [-0.2, -0.15) is 0 Å². The Balaban J connectivity index is 2.71. The van der Waals surface area contributed by atoms with Gasteiger partial charge in [-0.1, -0.05) is 35.8 Å². The van der Waals surface area contributed by atoms with Crippen LogP contribution in [0.3, 0.4) is 0 Å². The third-order valence-corrected chi connectivity index (χ3v) is 3.70. The predicted molar refractivity (Wildman–Crippen MR) is 102 cm³/mol. The highest BCUT2D eigenvalue weighted by molar-refractivity contribution is 5.70. The van der Waals surface area contributed by atoms with Crippen molar-refractivity contribution in [2.24, 2.45) is 0 Å². The smallest absolute Gasteiger partial charge is 0.307 e. The molecule has 140 valence electrons. The molecule has 1 heterocycles. The lowest BCUT2D eigenvalue weighted by molar-refractivity contribution is -0.147. The van der Waals surface area contributed by atoms with E-state index in [-0.39, 0.29) is 11.9 Å². The zero-order valence-electron chi connectivity index (χ0n) is 15.4. The summed E-state index contributed by atoms with van der Waals surface area (Å²) in [5, 5.41) is 0. The Labute approximate surface area is 157 Å². The molecule has 0 radical (unpaired) electrons. The maximum atomic E-state index is 12.0. The van der Waals surface area contributed by atoms with Gasteiger partial charge >= 0.3 is 11.9 Å². The molecule has 0 aromatic heterocycles. The average molecular weight is 356 g/mol. The topological polar surface area (TPSA) is 52.6 Å². The van der Waals surface area contributed by atoms with Crippen LogP contribution in [-0.4, -0.2) is 24.1 Å². The summed E-state index contributed by atoms with van der Waals surface area (Å²) in [6, 6.07) is 0. The standard InChI is InChI=1S/C22H28O4/c1-3-5-13-19-15-9-7-11-18-22(24)26-20(14-6-4-2)16-10-8-12-17-21(23)25-19/h3-4,19-20H,1-2,5-8,11-14,17-18H2/t19-,20+.